The van der Waals surface area contributed by atoms with E-state index < -0.39 is 7.12 Å². The molecule has 1 aromatic carbocycles. The third-order valence-electron chi connectivity index (χ3n) is 2.29. The maximum absolute atomic E-state index is 9.01. The highest BCUT2D eigenvalue weighted by molar-refractivity contribution is 6.58. The summed E-state index contributed by atoms with van der Waals surface area (Å²) < 4.78 is 0. The van der Waals surface area contributed by atoms with E-state index >= 15 is 0 Å². The highest BCUT2D eigenvalue weighted by Crippen LogP contribution is 2.14. The van der Waals surface area contributed by atoms with Crippen LogP contribution in [0.3, 0.4) is 0 Å². The van der Waals surface area contributed by atoms with Crippen molar-refractivity contribution < 1.29 is 10.0 Å². The summed E-state index contributed by atoms with van der Waals surface area (Å²) in [6.07, 6.45) is 1.74. The van der Waals surface area contributed by atoms with Crippen LogP contribution < -0.4 is 5.46 Å². The Labute approximate surface area is 82.2 Å². The minimum Gasteiger partial charge on any atom is -0.423 e. The molecule has 0 fully saturated rings. The van der Waals surface area contributed by atoms with Crippen molar-refractivity contribution in [1.82, 2.24) is 4.98 Å². The van der Waals surface area contributed by atoms with Crippen LogP contribution in [-0.4, -0.2) is 22.2 Å². The fourth-order valence-corrected chi connectivity index (χ4v) is 1.49. The van der Waals surface area contributed by atoms with Crippen LogP contribution in [0.25, 0.3) is 10.8 Å². The first-order chi connectivity index (χ1) is 6.68. The molecule has 0 aliphatic rings. The summed E-state index contributed by atoms with van der Waals surface area (Å²) >= 11 is 0. The summed E-state index contributed by atoms with van der Waals surface area (Å²) in [7, 11) is -1.42. The molecule has 0 saturated heterocycles. The van der Waals surface area contributed by atoms with Crippen LogP contribution in [0.1, 0.15) is 5.69 Å². The van der Waals surface area contributed by atoms with E-state index in [0.29, 0.717) is 5.46 Å². The van der Waals surface area contributed by atoms with Crippen LogP contribution in [0.5, 0.6) is 0 Å². The second kappa shape index (κ2) is 3.40. The molecule has 0 aliphatic heterocycles. The van der Waals surface area contributed by atoms with Crippen LogP contribution in [0, 0.1) is 6.92 Å². The van der Waals surface area contributed by atoms with Gasteiger partial charge in [0.2, 0.25) is 0 Å². The summed E-state index contributed by atoms with van der Waals surface area (Å²) in [6, 6.07) is 7.21. The third-order valence-corrected chi connectivity index (χ3v) is 2.29. The molecule has 3 nitrogen and oxygen atoms in total. The first-order valence-corrected chi connectivity index (χ1v) is 4.40. The van der Waals surface area contributed by atoms with Crippen LogP contribution in [0.4, 0.5) is 0 Å². The van der Waals surface area contributed by atoms with Gasteiger partial charge in [0.25, 0.3) is 0 Å². The lowest BCUT2D eigenvalue weighted by Crippen LogP contribution is -2.29. The number of benzene rings is 1. The van der Waals surface area contributed by atoms with E-state index in [1.807, 2.05) is 19.1 Å². The van der Waals surface area contributed by atoms with Crippen molar-refractivity contribution in [3.8, 4) is 0 Å². The van der Waals surface area contributed by atoms with Crippen molar-refractivity contribution in [1.29, 1.82) is 0 Å². The summed E-state index contributed by atoms with van der Waals surface area (Å²) in [5.74, 6) is 0. The maximum atomic E-state index is 9.01. The molecule has 0 radical (unpaired) electrons. The second-order valence-corrected chi connectivity index (χ2v) is 3.25. The van der Waals surface area contributed by atoms with Gasteiger partial charge in [-0.2, -0.15) is 0 Å². The molecule has 0 saturated carbocycles. The molecule has 0 unspecified atom stereocenters. The van der Waals surface area contributed by atoms with E-state index in [9.17, 15) is 0 Å². The molecule has 0 bridgehead atoms. The highest BCUT2D eigenvalue weighted by Gasteiger charge is 2.11. The van der Waals surface area contributed by atoms with Gasteiger partial charge in [-0.1, -0.05) is 18.2 Å². The zero-order valence-corrected chi connectivity index (χ0v) is 7.81. The largest absolute Gasteiger partial charge is 0.488 e. The highest BCUT2D eigenvalue weighted by atomic mass is 16.4. The Balaban J connectivity index is 2.70. The van der Waals surface area contributed by atoms with Gasteiger partial charge in [-0.15, -0.1) is 0 Å². The van der Waals surface area contributed by atoms with Gasteiger partial charge in [-0.25, -0.2) is 0 Å². The topological polar surface area (TPSA) is 53.4 Å². The number of hydrogen-bond donors (Lipinski definition) is 2. The Bertz CT molecular complexity index is 471. The molecular formula is C10H10BNO2. The van der Waals surface area contributed by atoms with Crippen molar-refractivity contribution in [2.75, 3.05) is 0 Å². The Morgan fingerprint density at radius 1 is 1.21 bits per heavy atom. The number of nitrogens with zero attached hydrogens (tertiary/aromatic N) is 1. The van der Waals surface area contributed by atoms with E-state index in [4.69, 9.17) is 10.0 Å². The molecular weight excluding hydrogens is 177 g/mol. The molecule has 1 heterocycles. The van der Waals surface area contributed by atoms with Crippen molar-refractivity contribution in [3.05, 3.63) is 36.2 Å². The van der Waals surface area contributed by atoms with Crippen LogP contribution in [-0.2, 0) is 0 Å². The van der Waals surface area contributed by atoms with E-state index in [1.165, 1.54) is 0 Å². The first-order valence-electron chi connectivity index (χ1n) is 4.40. The summed E-state index contributed by atoms with van der Waals surface area (Å²) in [5.41, 5.74) is 1.39. The Morgan fingerprint density at radius 3 is 2.71 bits per heavy atom. The van der Waals surface area contributed by atoms with Crippen molar-refractivity contribution in [2.24, 2.45) is 0 Å². The van der Waals surface area contributed by atoms with Gasteiger partial charge >= 0.3 is 7.12 Å². The normalized spacial score (nSPS) is 10.5. The van der Waals surface area contributed by atoms with Gasteiger partial charge < -0.3 is 10.0 Å². The number of rotatable bonds is 1. The van der Waals surface area contributed by atoms with Gasteiger partial charge in [0.1, 0.15) is 0 Å². The van der Waals surface area contributed by atoms with E-state index in [-0.39, 0.29) is 0 Å². The molecule has 4 heteroatoms. The molecule has 2 aromatic rings. The molecule has 2 N–H and O–H groups in total. The first kappa shape index (κ1) is 9.18. The fourth-order valence-electron chi connectivity index (χ4n) is 1.49. The van der Waals surface area contributed by atoms with Gasteiger partial charge in [0, 0.05) is 17.3 Å². The molecule has 70 valence electrons. The summed E-state index contributed by atoms with van der Waals surface area (Å²) in [4.78, 5) is 4.14. The van der Waals surface area contributed by atoms with Crippen molar-refractivity contribution in [3.63, 3.8) is 0 Å². The van der Waals surface area contributed by atoms with E-state index in [0.717, 1.165) is 16.5 Å². The lowest BCUT2D eigenvalue weighted by molar-refractivity contribution is 0.426. The zero-order valence-electron chi connectivity index (χ0n) is 7.81. The van der Waals surface area contributed by atoms with Crippen molar-refractivity contribution in [2.45, 2.75) is 6.92 Å². The smallest absolute Gasteiger partial charge is 0.423 e. The van der Waals surface area contributed by atoms with Gasteiger partial charge in [0.05, 0.1) is 0 Å². The molecule has 0 amide bonds. The Morgan fingerprint density at radius 2 is 2.00 bits per heavy atom. The minimum absolute atomic E-state index is 0.494. The molecule has 0 aliphatic carbocycles. The van der Waals surface area contributed by atoms with Crippen LogP contribution >= 0.6 is 0 Å². The average Bonchev–Trinajstić information content (AvgIpc) is 2.18. The minimum atomic E-state index is -1.42. The standard InChI is InChI=1S/C10H10BNO2/c1-7-10-6-9(11(13)14)3-2-8(10)4-5-12-7/h2-6,13-14H,1H3. The van der Waals surface area contributed by atoms with Crippen LogP contribution in [0.2, 0.25) is 0 Å². The fraction of sp³-hybridized carbons (Fsp3) is 0.100. The van der Waals surface area contributed by atoms with E-state index in [1.54, 1.807) is 18.3 Å². The van der Waals surface area contributed by atoms with Gasteiger partial charge in [-0.3, -0.25) is 4.98 Å². The predicted molar refractivity (Wildman–Crippen MR) is 56.3 cm³/mol. The maximum Gasteiger partial charge on any atom is 0.488 e. The lowest BCUT2D eigenvalue weighted by Gasteiger charge is -2.04. The quantitative estimate of drug-likeness (QED) is 0.628. The predicted octanol–water partition coefficient (Wildman–Crippen LogP) is 0.223. The summed E-state index contributed by atoms with van der Waals surface area (Å²) in [5, 5.41) is 20.0. The third kappa shape index (κ3) is 1.50. The number of aromatic nitrogens is 1. The number of aryl methyl sites for hydroxylation is 1. The van der Waals surface area contributed by atoms with Crippen LogP contribution in [0.15, 0.2) is 30.5 Å². The van der Waals surface area contributed by atoms with Gasteiger partial charge in [-0.05, 0) is 23.8 Å². The molecule has 2 rings (SSSR count). The Hall–Kier alpha value is -1.39. The molecule has 14 heavy (non-hydrogen) atoms. The molecule has 1 aromatic heterocycles. The number of pyridine rings is 1. The monoisotopic (exact) mass is 187 g/mol. The SMILES string of the molecule is Cc1nccc2ccc(B(O)O)cc12. The zero-order chi connectivity index (χ0) is 10.1. The number of fused-ring (bicyclic) bond motifs is 1. The molecule has 0 spiro atoms. The average molecular weight is 187 g/mol. The number of hydrogen-bond acceptors (Lipinski definition) is 3. The Kier molecular flexibility index (Phi) is 2.23. The molecule has 0 atom stereocenters. The summed E-state index contributed by atoms with van der Waals surface area (Å²) in [6.45, 7) is 1.90. The van der Waals surface area contributed by atoms with E-state index in [2.05, 4.69) is 4.98 Å². The lowest BCUT2D eigenvalue weighted by atomic mass is 9.79. The van der Waals surface area contributed by atoms with Crippen molar-refractivity contribution >= 4 is 23.4 Å². The van der Waals surface area contributed by atoms with Gasteiger partial charge in [0.15, 0.2) is 0 Å². The second-order valence-electron chi connectivity index (χ2n) is 3.25.